The lowest BCUT2D eigenvalue weighted by molar-refractivity contribution is -0.148. The third kappa shape index (κ3) is 18.9. The highest BCUT2D eigenvalue weighted by Gasteiger charge is 2.10. The van der Waals surface area contributed by atoms with Gasteiger partial charge in [0.05, 0.1) is 52.9 Å². The van der Waals surface area contributed by atoms with E-state index < -0.39 is 12.2 Å². The molecule has 0 aliphatic carbocycles. The SMILES string of the molecule is C.O=CCCOCCOCCOCCOCCNC(O)C(=O)O. The molecule has 0 aromatic rings. The molecule has 0 saturated heterocycles. The zero-order chi connectivity index (χ0) is 16.5. The Bertz CT molecular complexity index is 278. The van der Waals surface area contributed by atoms with Gasteiger partial charge in [-0.05, 0) is 0 Å². The minimum atomic E-state index is -1.57. The summed E-state index contributed by atoms with van der Waals surface area (Å²) in [7, 11) is 0. The summed E-state index contributed by atoms with van der Waals surface area (Å²) < 4.78 is 20.8. The van der Waals surface area contributed by atoms with Crippen molar-refractivity contribution in [3.8, 4) is 0 Å². The Balaban J connectivity index is 0. The lowest BCUT2D eigenvalue weighted by Gasteiger charge is -2.09. The van der Waals surface area contributed by atoms with Gasteiger partial charge in [-0.3, -0.25) is 5.32 Å². The molecule has 9 nitrogen and oxygen atoms in total. The van der Waals surface area contributed by atoms with Gasteiger partial charge in [0.2, 0.25) is 6.23 Å². The summed E-state index contributed by atoms with van der Waals surface area (Å²) in [5.41, 5.74) is 0. The summed E-state index contributed by atoms with van der Waals surface area (Å²) in [5, 5.41) is 19.7. The Morgan fingerprint density at radius 1 is 0.913 bits per heavy atom. The molecular weight excluding hydrogens is 310 g/mol. The molecule has 138 valence electrons. The van der Waals surface area contributed by atoms with Crippen molar-refractivity contribution in [1.82, 2.24) is 5.32 Å². The highest BCUT2D eigenvalue weighted by molar-refractivity contribution is 5.71. The first-order chi connectivity index (χ1) is 10.7. The summed E-state index contributed by atoms with van der Waals surface area (Å²) in [5.74, 6) is -1.32. The standard InChI is InChI=1S/C13H25NO8.CH4/c15-3-1-4-19-6-8-21-10-11-22-9-7-20-5-2-14-12(16)13(17)18;/h3,12,14,16H,1-2,4-11H2,(H,17,18);1H4. The van der Waals surface area contributed by atoms with Gasteiger partial charge in [-0.15, -0.1) is 0 Å². The number of aliphatic hydroxyl groups is 1. The lowest BCUT2D eigenvalue weighted by Crippen LogP contribution is -2.38. The van der Waals surface area contributed by atoms with Crippen LogP contribution in [0.1, 0.15) is 13.8 Å². The van der Waals surface area contributed by atoms with Gasteiger partial charge in [0.25, 0.3) is 0 Å². The van der Waals surface area contributed by atoms with Gasteiger partial charge >= 0.3 is 5.97 Å². The molecule has 0 aromatic heterocycles. The van der Waals surface area contributed by atoms with E-state index >= 15 is 0 Å². The molecule has 0 aromatic carbocycles. The largest absolute Gasteiger partial charge is 0.478 e. The second-order valence-corrected chi connectivity index (χ2v) is 4.10. The number of ether oxygens (including phenoxy) is 4. The number of aliphatic hydroxyl groups excluding tert-OH is 1. The minimum Gasteiger partial charge on any atom is -0.478 e. The van der Waals surface area contributed by atoms with Gasteiger partial charge in [-0.1, -0.05) is 7.43 Å². The molecule has 0 rings (SSSR count). The van der Waals surface area contributed by atoms with E-state index in [4.69, 9.17) is 29.2 Å². The normalized spacial score (nSPS) is 11.7. The van der Waals surface area contributed by atoms with Crippen molar-refractivity contribution >= 4 is 12.3 Å². The quantitative estimate of drug-likeness (QED) is 0.179. The van der Waals surface area contributed by atoms with Crippen LogP contribution in [0.4, 0.5) is 0 Å². The number of rotatable bonds is 17. The monoisotopic (exact) mass is 339 g/mol. The highest BCUT2D eigenvalue weighted by atomic mass is 16.6. The number of carboxylic acids is 1. The van der Waals surface area contributed by atoms with E-state index in [-0.39, 0.29) is 20.6 Å². The molecule has 0 fully saturated rings. The molecule has 9 heteroatoms. The second-order valence-electron chi connectivity index (χ2n) is 4.10. The van der Waals surface area contributed by atoms with E-state index in [2.05, 4.69) is 5.32 Å². The summed E-state index contributed by atoms with van der Waals surface area (Å²) in [6.07, 6.45) is -0.367. The van der Waals surface area contributed by atoms with Crippen LogP contribution in [-0.4, -0.2) is 88.1 Å². The minimum absolute atomic E-state index is 0. The Morgan fingerprint density at radius 3 is 1.78 bits per heavy atom. The molecule has 0 bridgehead atoms. The summed E-state index contributed by atoms with van der Waals surface area (Å²) in [6, 6.07) is 0. The van der Waals surface area contributed by atoms with Crippen molar-refractivity contribution in [2.24, 2.45) is 0 Å². The Hall–Kier alpha value is -1.10. The average Bonchev–Trinajstić information content (AvgIpc) is 2.50. The second kappa shape index (κ2) is 18.9. The first-order valence-electron chi connectivity index (χ1n) is 7.07. The molecule has 0 heterocycles. The molecule has 23 heavy (non-hydrogen) atoms. The van der Waals surface area contributed by atoms with Crippen LogP contribution in [0.5, 0.6) is 0 Å². The fourth-order valence-electron chi connectivity index (χ4n) is 1.25. The first kappa shape index (κ1) is 24.2. The van der Waals surface area contributed by atoms with Gasteiger partial charge < -0.3 is 34.0 Å². The first-order valence-corrected chi connectivity index (χ1v) is 7.07. The maximum absolute atomic E-state index is 10.3. The number of hydrogen-bond acceptors (Lipinski definition) is 8. The fourth-order valence-corrected chi connectivity index (χ4v) is 1.25. The van der Waals surface area contributed by atoms with Crippen LogP contribution in [-0.2, 0) is 28.5 Å². The van der Waals surface area contributed by atoms with Crippen molar-refractivity contribution in [3.63, 3.8) is 0 Å². The Labute approximate surface area is 136 Å². The number of aliphatic carboxylic acids is 1. The van der Waals surface area contributed by atoms with E-state index in [0.717, 1.165) is 6.29 Å². The van der Waals surface area contributed by atoms with Crippen LogP contribution in [0.2, 0.25) is 0 Å². The van der Waals surface area contributed by atoms with Crippen LogP contribution < -0.4 is 5.32 Å². The van der Waals surface area contributed by atoms with Crippen LogP contribution in [0.3, 0.4) is 0 Å². The zero-order valence-electron chi connectivity index (χ0n) is 12.6. The van der Waals surface area contributed by atoms with E-state index in [9.17, 15) is 9.59 Å². The fraction of sp³-hybridized carbons (Fsp3) is 0.857. The third-order valence-electron chi connectivity index (χ3n) is 2.31. The van der Waals surface area contributed by atoms with Crippen LogP contribution >= 0.6 is 0 Å². The Kier molecular flexibility index (Phi) is 19.9. The molecule has 1 atom stereocenters. The van der Waals surface area contributed by atoms with Crippen molar-refractivity contribution in [1.29, 1.82) is 0 Å². The molecule has 0 amide bonds. The van der Waals surface area contributed by atoms with E-state index in [1.807, 2.05) is 0 Å². The number of carbonyl (C=O) groups is 2. The zero-order valence-corrected chi connectivity index (χ0v) is 12.6. The number of carboxylic acid groups (broad SMARTS) is 1. The van der Waals surface area contributed by atoms with Crippen LogP contribution in [0.25, 0.3) is 0 Å². The van der Waals surface area contributed by atoms with E-state index in [1.54, 1.807) is 0 Å². The summed E-state index contributed by atoms with van der Waals surface area (Å²) in [4.78, 5) is 20.3. The molecule has 0 radical (unpaired) electrons. The summed E-state index contributed by atoms with van der Waals surface area (Å²) >= 11 is 0. The highest BCUT2D eigenvalue weighted by Crippen LogP contribution is 1.84. The van der Waals surface area contributed by atoms with Gasteiger partial charge in [-0.2, -0.15) is 0 Å². The predicted octanol–water partition coefficient (Wildman–Crippen LogP) is -0.729. The van der Waals surface area contributed by atoms with Crippen molar-refractivity contribution in [3.05, 3.63) is 0 Å². The maximum Gasteiger partial charge on any atom is 0.347 e. The third-order valence-corrected chi connectivity index (χ3v) is 2.31. The number of hydrogen-bond donors (Lipinski definition) is 3. The molecule has 3 N–H and O–H groups in total. The molecular formula is C14H29NO8. The van der Waals surface area contributed by atoms with Gasteiger partial charge in [0.1, 0.15) is 6.29 Å². The van der Waals surface area contributed by atoms with Crippen molar-refractivity contribution in [2.75, 3.05) is 59.4 Å². The molecule has 1 unspecified atom stereocenters. The maximum atomic E-state index is 10.3. The molecule has 0 spiro atoms. The van der Waals surface area contributed by atoms with Gasteiger partial charge in [-0.25, -0.2) is 4.79 Å². The Morgan fingerprint density at radius 2 is 1.35 bits per heavy atom. The summed E-state index contributed by atoms with van der Waals surface area (Å²) in [6.45, 7) is 3.50. The number of aldehydes is 1. The van der Waals surface area contributed by atoms with E-state index in [0.29, 0.717) is 52.7 Å². The molecule has 0 aliphatic rings. The molecule has 0 aliphatic heterocycles. The van der Waals surface area contributed by atoms with E-state index in [1.165, 1.54) is 0 Å². The smallest absolute Gasteiger partial charge is 0.347 e. The number of carbonyl (C=O) groups excluding carboxylic acids is 1. The van der Waals surface area contributed by atoms with Crippen LogP contribution in [0, 0.1) is 0 Å². The lowest BCUT2D eigenvalue weighted by atomic mass is 10.5. The van der Waals surface area contributed by atoms with Crippen LogP contribution in [0.15, 0.2) is 0 Å². The van der Waals surface area contributed by atoms with Crippen molar-refractivity contribution in [2.45, 2.75) is 20.1 Å². The number of nitrogens with one attached hydrogen (secondary N) is 1. The van der Waals surface area contributed by atoms with Gasteiger partial charge in [0, 0.05) is 13.0 Å². The van der Waals surface area contributed by atoms with Crippen molar-refractivity contribution < 1.29 is 38.7 Å². The topological polar surface area (TPSA) is 124 Å². The van der Waals surface area contributed by atoms with Gasteiger partial charge in [0.15, 0.2) is 0 Å². The average molecular weight is 339 g/mol. The predicted molar refractivity (Wildman–Crippen MR) is 82.3 cm³/mol. The molecule has 0 saturated carbocycles.